The number of allylic oxidation sites excluding steroid dienone is 1. The van der Waals surface area contributed by atoms with E-state index in [0.29, 0.717) is 17.0 Å². The summed E-state index contributed by atoms with van der Waals surface area (Å²) in [5.41, 5.74) is 2.62. The summed E-state index contributed by atoms with van der Waals surface area (Å²) in [6, 6.07) is 11.8. The minimum absolute atomic E-state index is 0.00217. The second-order valence-corrected chi connectivity index (χ2v) is 6.86. The van der Waals surface area contributed by atoms with Gasteiger partial charge in [-0.3, -0.25) is 4.99 Å². The van der Waals surface area contributed by atoms with Crippen molar-refractivity contribution in [2.45, 2.75) is 20.0 Å². The molecule has 1 heterocycles. The Hall–Kier alpha value is -2.86. The fourth-order valence-electron chi connectivity index (χ4n) is 3.03. The molecule has 6 heteroatoms. The molecule has 3 rings (SSSR count). The van der Waals surface area contributed by atoms with Crippen LogP contribution in [0.25, 0.3) is 5.70 Å². The number of nitrogens with zero attached hydrogens (tertiary/aromatic N) is 2. The van der Waals surface area contributed by atoms with Gasteiger partial charge in [0.2, 0.25) is 0 Å². The van der Waals surface area contributed by atoms with E-state index in [9.17, 15) is 13.2 Å². The molecule has 2 aromatic rings. The molecule has 0 aliphatic carbocycles. The Morgan fingerprint density at radius 3 is 2.07 bits per heavy atom. The lowest BCUT2D eigenvalue weighted by Crippen LogP contribution is -2.36. The summed E-state index contributed by atoms with van der Waals surface area (Å²) < 4.78 is 40.7. The highest BCUT2D eigenvalue weighted by Crippen LogP contribution is 2.32. The van der Waals surface area contributed by atoms with E-state index in [1.54, 1.807) is 35.2 Å². The van der Waals surface area contributed by atoms with Crippen molar-refractivity contribution in [3.8, 4) is 0 Å². The van der Waals surface area contributed by atoms with Crippen LogP contribution < -0.4 is 0 Å². The molecule has 2 aromatic carbocycles. The van der Waals surface area contributed by atoms with Gasteiger partial charge >= 0.3 is 0 Å². The molecule has 1 atom stereocenters. The van der Waals surface area contributed by atoms with Gasteiger partial charge in [-0.25, -0.2) is 13.2 Å². The van der Waals surface area contributed by atoms with Crippen molar-refractivity contribution in [3.05, 3.63) is 89.4 Å². The monoisotopic (exact) mass is 386 g/mol. The zero-order chi connectivity index (χ0) is 20.3. The molecule has 1 aliphatic heterocycles. The molecule has 1 aliphatic rings. The highest BCUT2D eigenvalue weighted by molar-refractivity contribution is 6.13. The van der Waals surface area contributed by atoms with Crippen molar-refractivity contribution in [1.29, 1.82) is 0 Å². The van der Waals surface area contributed by atoms with Gasteiger partial charge in [-0.15, -0.1) is 0 Å². The summed E-state index contributed by atoms with van der Waals surface area (Å²) in [5.74, 6) is -1.43. The molecular weight excluding hydrogens is 365 g/mol. The molecule has 0 saturated carbocycles. The highest BCUT2D eigenvalue weighted by Gasteiger charge is 2.28. The van der Waals surface area contributed by atoms with Crippen molar-refractivity contribution in [1.82, 2.24) is 4.90 Å². The molecule has 0 fully saturated rings. The number of hydrogen-bond acceptors (Lipinski definition) is 3. The summed E-state index contributed by atoms with van der Waals surface area (Å²) in [7, 11) is 0. The molecule has 28 heavy (non-hydrogen) atoms. The molecule has 0 aromatic heterocycles. The third-order valence-electron chi connectivity index (χ3n) is 4.41. The maximum absolute atomic E-state index is 14.0. The third kappa shape index (κ3) is 4.34. The molecule has 1 unspecified atom stereocenters. The van der Waals surface area contributed by atoms with Crippen LogP contribution >= 0.6 is 0 Å². The number of hydrogen-bond donors (Lipinski definition) is 1. The van der Waals surface area contributed by atoms with E-state index in [-0.39, 0.29) is 17.6 Å². The topological polar surface area (TPSA) is 35.8 Å². The second-order valence-electron chi connectivity index (χ2n) is 6.86. The van der Waals surface area contributed by atoms with Gasteiger partial charge in [-0.05, 0) is 66.1 Å². The smallest absolute Gasteiger partial charge is 0.141 e. The van der Waals surface area contributed by atoms with Gasteiger partial charge in [-0.1, -0.05) is 13.8 Å². The summed E-state index contributed by atoms with van der Waals surface area (Å²) >= 11 is 0. The number of benzene rings is 2. The minimum Gasteiger partial charge on any atom is -0.389 e. The van der Waals surface area contributed by atoms with Crippen LogP contribution in [0.4, 0.5) is 13.2 Å². The van der Waals surface area contributed by atoms with Crippen LogP contribution in [0.5, 0.6) is 0 Å². The van der Waals surface area contributed by atoms with Crippen LogP contribution in [-0.2, 0) is 0 Å². The Morgan fingerprint density at radius 2 is 1.57 bits per heavy atom. The summed E-state index contributed by atoms with van der Waals surface area (Å²) in [6.07, 6.45) is 2.51. The Bertz CT molecular complexity index is 916. The van der Waals surface area contributed by atoms with Crippen LogP contribution in [0.2, 0.25) is 0 Å². The molecule has 0 amide bonds. The Kier molecular flexibility index (Phi) is 5.99. The average Bonchev–Trinajstić information content (AvgIpc) is 2.69. The summed E-state index contributed by atoms with van der Waals surface area (Å²) in [5, 5.41) is 9.13. The number of aliphatic imine (C=N–C) groups is 1. The largest absolute Gasteiger partial charge is 0.389 e. The van der Waals surface area contributed by atoms with E-state index in [1.165, 1.54) is 30.5 Å². The highest BCUT2D eigenvalue weighted by atomic mass is 19.1. The Morgan fingerprint density at radius 1 is 1.04 bits per heavy atom. The molecule has 0 radical (unpaired) electrons. The van der Waals surface area contributed by atoms with Crippen LogP contribution in [0, 0.1) is 17.6 Å². The van der Waals surface area contributed by atoms with Gasteiger partial charge in [0.15, 0.2) is 0 Å². The van der Waals surface area contributed by atoms with E-state index in [0.717, 1.165) is 5.56 Å². The molecule has 0 bridgehead atoms. The maximum Gasteiger partial charge on any atom is 0.141 e. The van der Waals surface area contributed by atoms with Gasteiger partial charge in [0.25, 0.3) is 0 Å². The minimum atomic E-state index is -0.730. The first-order valence-corrected chi connectivity index (χ1v) is 8.96. The zero-order valence-electron chi connectivity index (χ0n) is 15.6. The first-order valence-electron chi connectivity index (χ1n) is 8.96. The Labute approximate surface area is 162 Å². The van der Waals surface area contributed by atoms with Crippen molar-refractivity contribution >= 4 is 11.4 Å². The van der Waals surface area contributed by atoms with E-state index < -0.39 is 18.6 Å². The lowest BCUT2D eigenvalue weighted by atomic mass is 9.99. The molecule has 3 nitrogen and oxygen atoms in total. The third-order valence-corrected chi connectivity index (χ3v) is 4.41. The van der Waals surface area contributed by atoms with Crippen LogP contribution in [0.3, 0.4) is 0 Å². The van der Waals surface area contributed by atoms with Crippen molar-refractivity contribution in [3.63, 3.8) is 0 Å². The number of aliphatic hydroxyl groups is 1. The van der Waals surface area contributed by atoms with E-state index >= 15 is 0 Å². The summed E-state index contributed by atoms with van der Waals surface area (Å²) in [4.78, 5) is 6.36. The van der Waals surface area contributed by atoms with Gasteiger partial charge in [0.1, 0.15) is 23.6 Å². The lowest BCUT2D eigenvalue weighted by Gasteiger charge is -2.36. The second kappa shape index (κ2) is 8.44. The van der Waals surface area contributed by atoms with Gasteiger partial charge in [0, 0.05) is 11.8 Å². The maximum atomic E-state index is 14.0. The predicted octanol–water partition coefficient (Wildman–Crippen LogP) is 4.90. The quantitative estimate of drug-likeness (QED) is 0.794. The van der Waals surface area contributed by atoms with Crippen molar-refractivity contribution < 1.29 is 18.3 Å². The molecule has 1 N–H and O–H groups in total. The molecule has 0 saturated heterocycles. The van der Waals surface area contributed by atoms with E-state index in [2.05, 4.69) is 0 Å². The van der Waals surface area contributed by atoms with E-state index in [4.69, 9.17) is 10.1 Å². The van der Waals surface area contributed by atoms with Crippen molar-refractivity contribution in [2.24, 2.45) is 10.9 Å². The van der Waals surface area contributed by atoms with Crippen LogP contribution in [0.15, 0.2) is 71.6 Å². The lowest BCUT2D eigenvalue weighted by molar-refractivity contribution is 0.272. The fraction of sp³-hybridized carbons (Fsp3) is 0.227. The molecule has 0 spiro atoms. The summed E-state index contributed by atoms with van der Waals surface area (Å²) in [6.45, 7) is 3.16. The Balaban J connectivity index is 2.15. The molecular formula is C22H21F3N2O. The van der Waals surface area contributed by atoms with E-state index in [1.807, 2.05) is 13.8 Å². The van der Waals surface area contributed by atoms with Gasteiger partial charge in [-0.2, -0.15) is 0 Å². The number of halogens is 3. The number of aliphatic hydroxyl groups excluding tert-OH is 1. The average molecular weight is 386 g/mol. The van der Waals surface area contributed by atoms with Crippen LogP contribution in [-0.4, -0.2) is 28.5 Å². The standard InChI is InChI=1S/C22H21F3N2O/c1-14(2)22-26-20(15-3-7-17(23)8-4-15)11-21(27(22)12-19(25)13-28)16-5-9-18(24)10-6-16/h3-12,14,22,28H,13H2,1-2H3/b19-12-. The first-order chi connectivity index (χ1) is 13.4. The van der Waals surface area contributed by atoms with Gasteiger partial charge in [0.05, 0.1) is 18.0 Å². The molecule has 146 valence electrons. The SMILES string of the molecule is CC(C)C1N=C(c2ccc(F)cc2)C=C(c2ccc(F)cc2)N1/C=C(\F)CO. The number of rotatable bonds is 5. The first kappa shape index (κ1) is 19.9. The normalized spacial score (nSPS) is 17.6. The predicted molar refractivity (Wildman–Crippen MR) is 104 cm³/mol. The van der Waals surface area contributed by atoms with Crippen LogP contribution in [0.1, 0.15) is 25.0 Å². The van der Waals surface area contributed by atoms with Crippen molar-refractivity contribution in [2.75, 3.05) is 6.61 Å². The fourth-order valence-corrected chi connectivity index (χ4v) is 3.03. The zero-order valence-corrected chi connectivity index (χ0v) is 15.6. The van der Waals surface area contributed by atoms with Gasteiger partial charge < -0.3 is 10.0 Å².